The zero-order valence-electron chi connectivity index (χ0n) is 18.8. The van der Waals surface area contributed by atoms with E-state index in [4.69, 9.17) is 0 Å². The molecular formula is C23H31N3O3S. The van der Waals surface area contributed by atoms with Gasteiger partial charge in [0.05, 0.1) is 17.7 Å². The predicted octanol–water partition coefficient (Wildman–Crippen LogP) is 3.91. The average molecular weight is 430 g/mol. The minimum Gasteiger partial charge on any atom is -0.271 e. The zero-order valence-corrected chi connectivity index (χ0v) is 19.6. The van der Waals surface area contributed by atoms with Gasteiger partial charge in [-0.05, 0) is 54.5 Å². The van der Waals surface area contributed by atoms with Gasteiger partial charge >= 0.3 is 0 Å². The van der Waals surface area contributed by atoms with Crippen LogP contribution in [0, 0.1) is 13.8 Å². The number of sulfonamides is 1. The lowest BCUT2D eigenvalue weighted by Crippen LogP contribution is -2.39. The number of anilines is 1. The maximum atomic E-state index is 12.5. The summed E-state index contributed by atoms with van der Waals surface area (Å²) in [6.07, 6.45) is 1.09. The smallest absolute Gasteiger partial charge is 0.260 e. The van der Waals surface area contributed by atoms with Crippen LogP contribution in [0.2, 0.25) is 0 Å². The van der Waals surface area contributed by atoms with Crippen LogP contribution in [0.15, 0.2) is 47.6 Å². The number of hydrazone groups is 1. The molecule has 1 amide bonds. The first-order valence-electron chi connectivity index (χ1n) is 9.78. The zero-order chi connectivity index (χ0) is 22.7. The van der Waals surface area contributed by atoms with Crippen LogP contribution in [0.4, 0.5) is 5.69 Å². The molecule has 2 aromatic rings. The summed E-state index contributed by atoms with van der Waals surface area (Å²) in [5.74, 6) is -0.507. The van der Waals surface area contributed by atoms with E-state index in [1.54, 1.807) is 13.0 Å². The summed E-state index contributed by atoms with van der Waals surface area (Å²) in [4.78, 5) is 12.5. The third kappa shape index (κ3) is 6.16. The summed E-state index contributed by atoms with van der Waals surface area (Å²) >= 11 is 0. The molecule has 0 aliphatic heterocycles. The molecule has 0 saturated carbocycles. The number of carbonyl (C=O) groups excluding carboxylic acids is 1. The molecular weight excluding hydrogens is 398 g/mol. The summed E-state index contributed by atoms with van der Waals surface area (Å²) in [5.41, 5.74) is 7.45. The summed E-state index contributed by atoms with van der Waals surface area (Å²) in [5, 5.41) is 4.15. The van der Waals surface area contributed by atoms with Gasteiger partial charge < -0.3 is 0 Å². The van der Waals surface area contributed by atoms with Crippen LogP contribution in [-0.4, -0.2) is 32.8 Å². The Hall–Kier alpha value is -2.67. The van der Waals surface area contributed by atoms with Crippen LogP contribution in [-0.2, 0) is 20.2 Å². The number of nitrogens with one attached hydrogen (secondary N) is 1. The second-order valence-corrected chi connectivity index (χ2v) is 10.5. The highest BCUT2D eigenvalue weighted by molar-refractivity contribution is 7.92. The molecule has 0 unspecified atom stereocenters. The second-order valence-electron chi connectivity index (χ2n) is 8.62. The molecule has 0 radical (unpaired) electrons. The first-order chi connectivity index (χ1) is 13.8. The molecule has 0 fully saturated rings. The fourth-order valence-electron chi connectivity index (χ4n) is 2.96. The summed E-state index contributed by atoms with van der Waals surface area (Å²) < 4.78 is 25.7. The van der Waals surface area contributed by atoms with Gasteiger partial charge in [-0.15, -0.1) is 0 Å². The summed E-state index contributed by atoms with van der Waals surface area (Å²) in [7, 11) is -3.64. The van der Waals surface area contributed by atoms with E-state index in [-0.39, 0.29) is 12.0 Å². The molecule has 0 spiro atoms. The maximum Gasteiger partial charge on any atom is 0.260 e. The standard InChI is InChI=1S/C23H31N3O3S/c1-16-8-9-17(2)21(14-16)26(30(7,28)29)15-22(27)25-24-18(3)19-10-12-20(13-11-19)23(4,5)6/h8-14H,15H2,1-7H3,(H,25,27)/b24-18-. The average Bonchev–Trinajstić information content (AvgIpc) is 2.65. The first-order valence-corrected chi connectivity index (χ1v) is 11.6. The summed E-state index contributed by atoms with van der Waals surface area (Å²) in [6, 6.07) is 13.5. The number of rotatable bonds is 6. The highest BCUT2D eigenvalue weighted by Gasteiger charge is 2.22. The molecule has 0 aromatic heterocycles. The van der Waals surface area contributed by atoms with Crippen LogP contribution in [0.1, 0.15) is 49.9 Å². The topological polar surface area (TPSA) is 78.8 Å². The molecule has 0 bridgehead atoms. The van der Waals surface area contributed by atoms with Crippen molar-refractivity contribution >= 4 is 27.3 Å². The van der Waals surface area contributed by atoms with E-state index < -0.39 is 15.9 Å². The molecule has 30 heavy (non-hydrogen) atoms. The minimum atomic E-state index is -3.64. The molecule has 2 aromatic carbocycles. The molecule has 0 heterocycles. The van der Waals surface area contributed by atoms with Gasteiger partial charge in [0.25, 0.3) is 5.91 Å². The van der Waals surface area contributed by atoms with Crippen LogP contribution >= 0.6 is 0 Å². The van der Waals surface area contributed by atoms with Gasteiger partial charge in [-0.2, -0.15) is 5.10 Å². The van der Waals surface area contributed by atoms with Crippen LogP contribution in [0.5, 0.6) is 0 Å². The van der Waals surface area contributed by atoms with Gasteiger partial charge in [-0.1, -0.05) is 57.2 Å². The third-order valence-corrected chi connectivity index (χ3v) is 5.96. The number of hydrogen-bond acceptors (Lipinski definition) is 4. The van der Waals surface area contributed by atoms with Crippen molar-refractivity contribution in [3.63, 3.8) is 0 Å². The number of hydrogen-bond donors (Lipinski definition) is 1. The predicted molar refractivity (Wildman–Crippen MR) is 124 cm³/mol. The Labute approximate surface area is 180 Å². The number of aryl methyl sites for hydroxylation is 2. The van der Waals surface area contributed by atoms with Crippen molar-refractivity contribution in [1.29, 1.82) is 0 Å². The van der Waals surface area contributed by atoms with Gasteiger partial charge in [0.15, 0.2) is 0 Å². The fourth-order valence-corrected chi connectivity index (χ4v) is 3.86. The van der Waals surface area contributed by atoms with Crippen molar-refractivity contribution in [2.24, 2.45) is 5.10 Å². The van der Waals surface area contributed by atoms with Gasteiger partial charge in [0.1, 0.15) is 6.54 Å². The molecule has 6 nitrogen and oxygen atoms in total. The third-order valence-electron chi connectivity index (χ3n) is 4.84. The molecule has 0 aliphatic carbocycles. The quantitative estimate of drug-likeness (QED) is 0.559. The Balaban J connectivity index is 2.16. The molecule has 0 saturated heterocycles. The lowest BCUT2D eigenvalue weighted by atomic mass is 9.86. The van der Waals surface area contributed by atoms with E-state index >= 15 is 0 Å². The van der Waals surface area contributed by atoms with E-state index in [1.807, 2.05) is 50.2 Å². The Kier molecular flexibility index (Phi) is 7.08. The molecule has 162 valence electrons. The van der Waals surface area contributed by atoms with Gasteiger partial charge in [0.2, 0.25) is 10.0 Å². The van der Waals surface area contributed by atoms with Crippen molar-refractivity contribution in [2.75, 3.05) is 17.1 Å². The van der Waals surface area contributed by atoms with Crippen molar-refractivity contribution in [3.05, 3.63) is 64.7 Å². The Morgan fingerprint density at radius 3 is 2.20 bits per heavy atom. The fraction of sp³-hybridized carbons (Fsp3) is 0.391. The van der Waals surface area contributed by atoms with E-state index in [1.165, 1.54) is 5.56 Å². The SMILES string of the molecule is C/C(=N/NC(=O)CN(c1cc(C)ccc1C)S(C)(=O)=O)c1ccc(C(C)(C)C)cc1. The number of benzene rings is 2. The second kappa shape index (κ2) is 9.00. The van der Waals surface area contributed by atoms with Gasteiger partial charge in [0, 0.05) is 0 Å². The summed E-state index contributed by atoms with van der Waals surface area (Å²) in [6.45, 7) is 11.6. The lowest BCUT2D eigenvalue weighted by Gasteiger charge is -2.23. The monoisotopic (exact) mass is 429 g/mol. The van der Waals surface area contributed by atoms with Crippen molar-refractivity contribution in [1.82, 2.24) is 5.43 Å². The van der Waals surface area contributed by atoms with Gasteiger partial charge in [-0.25, -0.2) is 13.8 Å². The molecule has 2 rings (SSSR count). The molecule has 0 atom stereocenters. The Bertz CT molecular complexity index is 1050. The minimum absolute atomic E-state index is 0.0564. The maximum absolute atomic E-state index is 12.5. The highest BCUT2D eigenvalue weighted by atomic mass is 32.2. The van der Waals surface area contributed by atoms with Crippen LogP contribution in [0.25, 0.3) is 0 Å². The Morgan fingerprint density at radius 2 is 1.67 bits per heavy atom. The molecule has 0 aliphatic rings. The van der Waals surface area contributed by atoms with Crippen molar-refractivity contribution in [3.8, 4) is 0 Å². The normalized spacial score (nSPS) is 12.6. The highest BCUT2D eigenvalue weighted by Crippen LogP contribution is 2.24. The van der Waals surface area contributed by atoms with E-state index in [9.17, 15) is 13.2 Å². The van der Waals surface area contributed by atoms with Crippen LogP contribution < -0.4 is 9.73 Å². The van der Waals surface area contributed by atoms with E-state index in [0.717, 1.165) is 27.3 Å². The van der Waals surface area contributed by atoms with Crippen molar-refractivity contribution < 1.29 is 13.2 Å². The largest absolute Gasteiger partial charge is 0.271 e. The number of amides is 1. The number of nitrogens with zero attached hydrogens (tertiary/aromatic N) is 2. The van der Waals surface area contributed by atoms with Gasteiger partial charge in [-0.3, -0.25) is 9.10 Å². The lowest BCUT2D eigenvalue weighted by molar-refractivity contribution is -0.119. The molecule has 1 N–H and O–H groups in total. The first kappa shape index (κ1) is 23.6. The van der Waals surface area contributed by atoms with E-state index in [0.29, 0.717) is 11.4 Å². The van der Waals surface area contributed by atoms with E-state index in [2.05, 4.69) is 31.3 Å². The molecule has 7 heteroatoms. The number of carbonyl (C=O) groups is 1. The van der Waals surface area contributed by atoms with Crippen molar-refractivity contribution in [2.45, 2.75) is 47.0 Å². The van der Waals surface area contributed by atoms with Crippen LogP contribution in [0.3, 0.4) is 0 Å². The Morgan fingerprint density at radius 1 is 1.07 bits per heavy atom.